The van der Waals surface area contributed by atoms with Gasteiger partial charge in [-0.3, -0.25) is 9.59 Å². The summed E-state index contributed by atoms with van der Waals surface area (Å²) >= 11 is 0. The van der Waals surface area contributed by atoms with Crippen LogP contribution in [0.15, 0.2) is 42.0 Å². The minimum absolute atomic E-state index is 0.0865. The smallest absolute Gasteiger partial charge is 0.320 e. The van der Waals surface area contributed by atoms with E-state index in [1.54, 1.807) is 19.9 Å². The number of hydrogen-bond acceptors (Lipinski definition) is 5. The lowest BCUT2D eigenvalue weighted by Crippen LogP contribution is -2.33. The molecule has 5 nitrogen and oxygen atoms in total. The fourth-order valence-corrected chi connectivity index (χ4v) is 2.60. The van der Waals surface area contributed by atoms with Crippen molar-refractivity contribution in [3.63, 3.8) is 0 Å². The Kier molecular flexibility index (Phi) is 8.79. The van der Waals surface area contributed by atoms with Crippen LogP contribution in [0.1, 0.15) is 38.7 Å². The van der Waals surface area contributed by atoms with Crippen LogP contribution in [-0.2, 0) is 19.1 Å². The van der Waals surface area contributed by atoms with E-state index < -0.39 is 23.8 Å². The second kappa shape index (κ2) is 10.6. The predicted molar refractivity (Wildman–Crippen MR) is 91.4 cm³/mol. The van der Waals surface area contributed by atoms with Crippen molar-refractivity contribution in [3.8, 4) is 0 Å². The highest BCUT2D eigenvalue weighted by Gasteiger charge is 2.38. The van der Waals surface area contributed by atoms with Gasteiger partial charge in [0.25, 0.3) is 0 Å². The second-order valence-corrected chi connectivity index (χ2v) is 5.44. The van der Waals surface area contributed by atoms with Crippen LogP contribution >= 0.6 is 0 Å². The Morgan fingerprint density at radius 3 is 2.08 bits per heavy atom. The van der Waals surface area contributed by atoms with Gasteiger partial charge in [0.15, 0.2) is 5.92 Å². The van der Waals surface area contributed by atoms with Gasteiger partial charge in [-0.1, -0.05) is 42.0 Å². The molecular formula is C19H26O5. The molecule has 5 heteroatoms. The minimum atomic E-state index is -1.03. The van der Waals surface area contributed by atoms with Crippen LogP contribution in [0.25, 0.3) is 0 Å². The molecule has 0 aliphatic rings. The molecule has 24 heavy (non-hydrogen) atoms. The van der Waals surface area contributed by atoms with Crippen LogP contribution in [0.3, 0.4) is 0 Å². The molecule has 0 unspecified atom stereocenters. The third-order valence-electron chi connectivity index (χ3n) is 3.69. The molecular weight excluding hydrogens is 308 g/mol. The molecule has 0 saturated heterocycles. The maximum Gasteiger partial charge on any atom is 0.320 e. The summed E-state index contributed by atoms with van der Waals surface area (Å²) in [7, 11) is 0. The topological polar surface area (TPSA) is 72.8 Å². The normalized spacial score (nSPS) is 12.8. The van der Waals surface area contributed by atoms with Gasteiger partial charge in [0.05, 0.1) is 19.8 Å². The first-order valence-electron chi connectivity index (χ1n) is 8.19. The molecule has 1 N–H and O–H groups in total. The lowest BCUT2D eigenvalue weighted by Gasteiger charge is -2.25. The van der Waals surface area contributed by atoms with Crippen molar-refractivity contribution in [1.82, 2.24) is 0 Å². The molecule has 0 fully saturated rings. The van der Waals surface area contributed by atoms with E-state index in [2.05, 4.69) is 0 Å². The highest BCUT2D eigenvalue weighted by atomic mass is 16.6. The van der Waals surface area contributed by atoms with Crippen LogP contribution in [0.5, 0.6) is 0 Å². The van der Waals surface area contributed by atoms with Crippen LogP contribution in [0, 0.1) is 5.92 Å². The van der Waals surface area contributed by atoms with Crippen LogP contribution in [0.4, 0.5) is 0 Å². The summed E-state index contributed by atoms with van der Waals surface area (Å²) in [4.78, 5) is 24.8. The van der Waals surface area contributed by atoms with Gasteiger partial charge in [-0.2, -0.15) is 0 Å². The van der Waals surface area contributed by atoms with Crippen molar-refractivity contribution in [2.45, 2.75) is 33.1 Å². The van der Waals surface area contributed by atoms with Gasteiger partial charge in [-0.25, -0.2) is 0 Å². The average molecular weight is 334 g/mol. The van der Waals surface area contributed by atoms with Crippen molar-refractivity contribution < 1.29 is 24.2 Å². The van der Waals surface area contributed by atoms with Gasteiger partial charge >= 0.3 is 11.9 Å². The van der Waals surface area contributed by atoms with Gasteiger partial charge in [0, 0.05) is 5.92 Å². The first-order chi connectivity index (χ1) is 11.5. The Bertz CT molecular complexity index is 532. The van der Waals surface area contributed by atoms with E-state index in [0.29, 0.717) is 6.42 Å². The van der Waals surface area contributed by atoms with Gasteiger partial charge in [-0.15, -0.1) is 0 Å². The van der Waals surface area contributed by atoms with Gasteiger partial charge in [0.1, 0.15) is 0 Å². The van der Waals surface area contributed by atoms with Gasteiger partial charge in [-0.05, 0) is 32.8 Å². The van der Waals surface area contributed by atoms with Crippen LogP contribution in [-0.4, -0.2) is 36.9 Å². The van der Waals surface area contributed by atoms with E-state index in [1.165, 1.54) is 0 Å². The van der Waals surface area contributed by atoms with E-state index in [1.807, 2.05) is 37.3 Å². The Morgan fingerprint density at radius 1 is 1.08 bits per heavy atom. The van der Waals surface area contributed by atoms with Crippen molar-refractivity contribution >= 4 is 11.9 Å². The molecule has 0 saturated carbocycles. The highest BCUT2D eigenvalue weighted by molar-refractivity contribution is 5.96. The summed E-state index contributed by atoms with van der Waals surface area (Å²) < 4.78 is 10.2. The number of aliphatic hydroxyl groups excluding tert-OH is 1. The Hall–Kier alpha value is -2.14. The second-order valence-electron chi connectivity index (χ2n) is 5.44. The van der Waals surface area contributed by atoms with E-state index in [4.69, 9.17) is 14.6 Å². The average Bonchev–Trinajstić information content (AvgIpc) is 2.56. The number of hydrogen-bond donors (Lipinski definition) is 1. The van der Waals surface area contributed by atoms with Crippen molar-refractivity contribution in [2.75, 3.05) is 19.8 Å². The first kappa shape index (κ1) is 19.9. The number of esters is 2. The largest absolute Gasteiger partial charge is 0.465 e. The Balaban J connectivity index is 3.25. The molecule has 0 amide bonds. The maximum atomic E-state index is 12.4. The molecule has 0 spiro atoms. The molecule has 1 atom stereocenters. The number of aliphatic hydroxyl groups is 1. The summed E-state index contributed by atoms with van der Waals surface area (Å²) in [5.41, 5.74) is 1.75. The summed E-state index contributed by atoms with van der Waals surface area (Å²) in [6, 6.07) is 9.35. The third kappa shape index (κ3) is 5.81. The fraction of sp³-hybridized carbons (Fsp3) is 0.474. The summed E-state index contributed by atoms with van der Waals surface area (Å²) in [5, 5.41) is 9.09. The van der Waals surface area contributed by atoms with E-state index in [9.17, 15) is 9.59 Å². The van der Waals surface area contributed by atoms with E-state index in [0.717, 1.165) is 11.1 Å². The molecule has 0 aliphatic heterocycles. The molecule has 0 radical (unpaired) electrons. The zero-order valence-corrected chi connectivity index (χ0v) is 14.5. The zero-order chi connectivity index (χ0) is 17.9. The molecule has 0 heterocycles. The monoisotopic (exact) mass is 334 g/mol. The number of rotatable bonds is 9. The quantitative estimate of drug-likeness (QED) is 0.427. The van der Waals surface area contributed by atoms with Crippen molar-refractivity contribution in [2.24, 2.45) is 5.92 Å². The van der Waals surface area contributed by atoms with E-state index in [-0.39, 0.29) is 19.8 Å². The number of benzene rings is 1. The Morgan fingerprint density at radius 2 is 1.62 bits per heavy atom. The van der Waals surface area contributed by atoms with Gasteiger partial charge in [0.2, 0.25) is 0 Å². The molecule has 0 aromatic heterocycles. The molecule has 1 aromatic carbocycles. The molecule has 0 aliphatic carbocycles. The number of carbonyl (C=O) groups is 2. The number of ether oxygens (including phenoxy) is 2. The first-order valence-corrected chi connectivity index (χ1v) is 8.19. The summed E-state index contributed by atoms with van der Waals surface area (Å²) in [6.07, 6.45) is 2.12. The molecule has 1 aromatic rings. The minimum Gasteiger partial charge on any atom is -0.465 e. The van der Waals surface area contributed by atoms with Crippen molar-refractivity contribution in [3.05, 3.63) is 47.5 Å². The maximum absolute atomic E-state index is 12.4. The zero-order valence-electron chi connectivity index (χ0n) is 14.5. The van der Waals surface area contributed by atoms with Gasteiger partial charge < -0.3 is 14.6 Å². The van der Waals surface area contributed by atoms with Crippen molar-refractivity contribution in [1.29, 1.82) is 0 Å². The Labute approximate surface area is 143 Å². The number of carbonyl (C=O) groups excluding carboxylic acids is 2. The lowest BCUT2D eigenvalue weighted by atomic mass is 9.81. The van der Waals surface area contributed by atoms with E-state index >= 15 is 0 Å². The van der Waals surface area contributed by atoms with Crippen LogP contribution in [0.2, 0.25) is 0 Å². The standard InChI is InChI=1S/C19H26O5/c1-4-23-18(21)17(19(22)24-5-2)16(13-14(3)11-12-20)15-9-7-6-8-10-15/h6-11,16-17,20H,4-5,12-13H2,1-3H3/b14-11-/t16-/m1/s1. The SMILES string of the molecule is CCOC(=O)C(C(=O)OCC)[C@H](C/C(C)=C\CO)c1ccccc1. The number of allylic oxidation sites excluding steroid dienone is 1. The summed E-state index contributed by atoms with van der Waals surface area (Å²) in [5.74, 6) is -2.61. The highest BCUT2D eigenvalue weighted by Crippen LogP contribution is 2.33. The summed E-state index contributed by atoms with van der Waals surface area (Å²) in [6.45, 7) is 5.57. The predicted octanol–water partition coefficient (Wildman–Crippen LogP) is 2.84. The molecule has 0 bridgehead atoms. The molecule has 132 valence electrons. The lowest BCUT2D eigenvalue weighted by molar-refractivity contribution is -0.162. The molecule has 1 rings (SSSR count). The fourth-order valence-electron chi connectivity index (χ4n) is 2.60. The van der Waals surface area contributed by atoms with Crippen LogP contribution < -0.4 is 0 Å². The third-order valence-corrected chi connectivity index (χ3v) is 3.69.